The second-order valence-electron chi connectivity index (χ2n) is 8.08. The van der Waals surface area contributed by atoms with Crippen LogP contribution in [0, 0.1) is 29.5 Å². The maximum Gasteiger partial charge on any atom is 0.309 e. The van der Waals surface area contributed by atoms with Gasteiger partial charge in [-0.25, -0.2) is 9.37 Å². The van der Waals surface area contributed by atoms with Crippen molar-refractivity contribution >= 4 is 11.9 Å². The lowest BCUT2D eigenvalue weighted by atomic mass is 9.78. The number of aromatic nitrogens is 1. The Morgan fingerprint density at radius 2 is 1.96 bits per heavy atom. The van der Waals surface area contributed by atoms with E-state index in [4.69, 9.17) is 4.74 Å². The molecule has 4 fully saturated rings. The molecule has 25 heavy (non-hydrogen) atoms. The zero-order valence-electron chi connectivity index (χ0n) is 13.9. The van der Waals surface area contributed by atoms with E-state index in [9.17, 15) is 14.0 Å². The zero-order chi connectivity index (χ0) is 17.1. The Morgan fingerprint density at radius 1 is 1.16 bits per heavy atom. The van der Waals surface area contributed by atoms with Crippen LogP contribution in [-0.2, 0) is 9.53 Å². The van der Waals surface area contributed by atoms with Crippen LogP contribution in [0.25, 0.3) is 0 Å². The molecule has 1 aromatic rings. The minimum absolute atomic E-state index is 0.0502. The average Bonchev–Trinajstić information content (AvgIpc) is 3.42. The third-order valence-electron chi connectivity index (χ3n) is 6.35. The molecule has 1 amide bonds. The number of hydrogen-bond donors (Lipinski definition) is 0. The molecule has 3 bridgehead atoms. The Kier molecular flexibility index (Phi) is 3.37. The molecule has 132 valence electrons. The normalized spacial score (nSPS) is 35.7. The van der Waals surface area contributed by atoms with E-state index in [1.54, 1.807) is 0 Å². The molecule has 3 aliphatic carbocycles. The number of carbonyl (C=O) groups is 2. The van der Waals surface area contributed by atoms with Crippen LogP contribution in [-0.4, -0.2) is 40.5 Å². The molecule has 0 aromatic carbocycles. The summed E-state index contributed by atoms with van der Waals surface area (Å²) < 4.78 is 19.0. The minimum Gasteiger partial charge on any atom is -0.460 e. The largest absolute Gasteiger partial charge is 0.460 e. The van der Waals surface area contributed by atoms with Crippen LogP contribution in [0.4, 0.5) is 4.39 Å². The van der Waals surface area contributed by atoms with Crippen LogP contribution >= 0.6 is 0 Å². The molecule has 0 N–H and O–H groups in total. The van der Waals surface area contributed by atoms with Gasteiger partial charge in [0, 0.05) is 6.54 Å². The van der Waals surface area contributed by atoms with Crippen LogP contribution in [0.15, 0.2) is 18.3 Å². The van der Waals surface area contributed by atoms with Gasteiger partial charge in [0.05, 0.1) is 18.2 Å². The Morgan fingerprint density at radius 3 is 2.68 bits per heavy atom. The highest BCUT2D eigenvalue weighted by molar-refractivity contribution is 5.92. The van der Waals surface area contributed by atoms with Gasteiger partial charge in [0.25, 0.3) is 5.91 Å². The first-order chi connectivity index (χ1) is 12.1. The van der Waals surface area contributed by atoms with Crippen molar-refractivity contribution in [3.8, 4) is 0 Å². The number of fused-ring (bicyclic) bond motifs is 2. The highest BCUT2D eigenvalue weighted by atomic mass is 19.1. The summed E-state index contributed by atoms with van der Waals surface area (Å²) in [4.78, 5) is 31.0. The standard InChI is InChI=1S/C19H21FN2O3/c20-14-3-4-15(21-8-14)18(23)22-9-10-5-12-7-13(6-10)17(16(12)22)25-19(24)11-1-2-11/h3-4,8,10-13,16-17H,1-2,5-7,9H2/t10-,12-,13?,16+,17-/m1/s1. The monoisotopic (exact) mass is 344 g/mol. The molecule has 0 spiro atoms. The van der Waals surface area contributed by atoms with Crippen LogP contribution in [0.1, 0.15) is 42.6 Å². The minimum atomic E-state index is -0.451. The fourth-order valence-electron chi connectivity index (χ4n) is 5.19. The lowest BCUT2D eigenvalue weighted by molar-refractivity contribution is -0.154. The maximum atomic E-state index is 13.1. The second kappa shape index (κ2) is 5.51. The van der Waals surface area contributed by atoms with Crippen molar-refractivity contribution in [2.75, 3.05) is 6.54 Å². The molecule has 1 unspecified atom stereocenters. The first kappa shape index (κ1) is 15.3. The molecule has 1 saturated heterocycles. The molecule has 5 rings (SSSR count). The summed E-state index contributed by atoms with van der Waals surface area (Å²) in [7, 11) is 0. The van der Waals surface area contributed by atoms with Gasteiger partial charge in [0.1, 0.15) is 17.6 Å². The first-order valence-corrected chi connectivity index (χ1v) is 9.23. The number of pyridine rings is 1. The molecule has 5 atom stereocenters. The number of likely N-dealkylation sites (tertiary alicyclic amines) is 1. The molecule has 5 nitrogen and oxygen atoms in total. The van der Waals surface area contributed by atoms with Crippen molar-refractivity contribution < 1.29 is 18.7 Å². The Bertz CT molecular complexity index is 718. The summed E-state index contributed by atoms with van der Waals surface area (Å²) in [6, 6.07) is 2.65. The van der Waals surface area contributed by atoms with Gasteiger partial charge in [-0.2, -0.15) is 0 Å². The lowest BCUT2D eigenvalue weighted by Gasteiger charge is -2.42. The summed E-state index contributed by atoms with van der Waals surface area (Å²) in [6.45, 7) is 0.688. The number of hydrogen-bond acceptors (Lipinski definition) is 4. The van der Waals surface area contributed by atoms with E-state index in [0.29, 0.717) is 24.3 Å². The molecule has 1 aliphatic heterocycles. The average molecular weight is 344 g/mol. The molecule has 2 heterocycles. The molecule has 1 aromatic heterocycles. The second-order valence-corrected chi connectivity index (χ2v) is 8.08. The fraction of sp³-hybridized carbons (Fsp3) is 0.632. The Hall–Kier alpha value is -1.98. The maximum absolute atomic E-state index is 13.1. The van der Waals surface area contributed by atoms with Gasteiger partial charge in [-0.05, 0) is 62.0 Å². The third-order valence-corrected chi connectivity index (χ3v) is 6.35. The summed E-state index contributed by atoms with van der Waals surface area (Å²) in [6.07, 6.45) is 5.91. The van der Waals surface area contributed by atoms with E-state index in [0.717, 1.165) is 38.3 Å². The van der Waals surface area contributed by atoms with E-state index < -0.39 is 5.82 Å². The number of esters is 1. The molecule has 6 heteroatoms. The van der Waals surface area contributed by atoms with Crippen LogP contribution in [0.3, 0.4) is 0 Å². The van der Waals surface area contributed by atoms with Gasteiger partial charge in [-0.1, -0.05) is 0 Å². The van der Waals surface area contributed by atoms with Crippen molar-refractivity contribution in [2.24, 2.45) is 23.7 Å². The smallest absolute Gasteiger partial charge is 0.309 e. The summed E-state index contributed by atoms with van der Waals surface area (Å²) in [5.74, 6) is 0.597. The quantitative estimate of drug-likeness (QED) is 0.790. The molecule has 3 saturated carbocycles. The van der Waals surface area contributed by atoms with E-state index in [-0.39, 0.29) is 35.6 Å². The van der Waals surface area contributed by atoms with Crippen molar-refractivity contribution in [1.82, 2.24) is 9.88 Å². The van der Waals surface area contributed by atoms with Gasteiger partial charge >= 0.3 is 5.97 Å². The highest BCUT2D eigenvalue weighted by Gasteiger charge is 2.57. The predicted molar refractivity (Wildman–Crippen MR) is 85.9 cm³/mol. The highest BCUT2D eigenvalue weighted by Crippen LogP contribution is 2.52. The van der Waals surface area contributed by atoms with Gasteiger partial charge in [0.2, 0.25) is 0 Å². The van der Waals surface area contributed by atoms with E-state index >= 15 is 0 Å². The van der Waals surface area contributed by atoms with Crippen molar-refractivity contribution in [1.29, 1.82) is 0 Å². The van der Waals surface area contributed by atoms with Gasteiger partial charge in [-0.15, -0.1) is 0 Å². The van der Waals surface area contributed by atoms with Crippen LogP contribution in [0.5, 0.6) is 0 Å². The van der Waals surface area contributed by atoms with Crippen molar-refractivity contribution in [2.45, 2.75) is 44.2 Å². The van der Waals surface area contributed by atoms with E-state index in [1.807, 2.05) is 4.90 Å². The molecule has 0 radical (unpaired) electrons. The Balaban J connectivity index is 1.42. The van der Waals surface area contributed by atoms with Gasteiger partial charge < -0.3 is 9.64 Å². The number of rotatable bonds is 3. The number of amides is 1. The predicted octanol–water partition coefficient (Wildman–Crippen LogP) is 2.41. The SMILES string of the molecule is O=C(O[C@@H]1C2C[C@H]3C[C@H](C2)[C@@H]1N(C(=O)c1ccc(F)cn1)C3)C1CC1. The van der Waals surface area contributed by atoms with E-state index in [1.165, 1.54) is 12.1 Å². The number of nitrogens with zero attached hydrogens (tertiary/aromatic N) is 2. The van der Waals surface area contributed by atoms with Gasteiger partial charge in [-0.3, -0.25) is 9.59 Å². The summed E-state index contributed by atoms with van der Waals surface area (Å²) >= 11 is 0. The number of halogens is 1. The van der Waals surface area contributed by atoms with Gasteiger partial charge in [0.15, 0.2) is 0 Å². The molecular weight excluding hydrogens is 323 g/mol. The van der Waals surface area contributed by atoms with Crippen LogP contribution in [0.2, 0.25) is 0 Å². The summed E-state index contributed by atoms with van der Waals surface area (Å²) in [5.41, 5.74) is 0.262. The lowest BCUT2D eigenvalue weighted by Crippen LogP contribution is -2.53. The van der Waals surface area contributed by atoms with Crippen molar-refractivity contribution in [3.05, 3.63) is 29.8 Å². The van der Waals surface area contributed by atoms with E-state index in [2.05, 4.69) is 4.98 Å². The van der Waals surface area contributed by atoms with Crippen LogP contribution < -0.4 is 0 Å². The topological polar surface area (TPSA) is 59.5 Å². The molecule has 4 aliphatic rings. The fourth-order valence-corrected chi connectivity index (χ4v) is 5.19. The zero-order valence-corrected chi connectivity index (χ0v) is 13.9. The number of ether oxygens (including phenoxy) is 1. The Labute approximate surface area is 145 Å². The van der Waals surface area contributed by atoms with Crippen molar-refractivity contribution in [3.63, 3.8) is 0 Å². The first-order valence-electron chi connectivity index (χ1n) is 9.23. The number of piperidine rings is 1. The molecular formula is C19H21FN2O3. The third kappa shape index (κ3) is 2.53. The number of carbonyl (C=O) groups excluding carboxylic acids is 2. The summed E-state index contributed by atoms with van der Waals surface area (Å²) in [5, 5.41) is 0.